The van der Waals surface area contributed by atoms with Gasteiger partial charge < -0.3 is 19.9 Å². The van der Waals surface area contributed by atoms with Crippen LogP contribution in [0.15, 0.2) is 72.8 Å². The molecule has 1 atom stereocenters. The third kappa shape index (κ3) is 9.56. The molecule has 0 spiro atoms. The molecular formula is C33H42N2O7S. The van der Waals surface area contributed by atoms with Crippen LogP contribution in [0.1, 0.15) is 62.5 Å². The van der Waals surface area contributed by atoms with E-state index >= 15 is 0 Å². The van der Waals surface area contributed by atoms with Crippen LogP contribution in [-0.2, 0) is 26.8 Å². The van der Waals surface area contributed by atoms with Gasteiger partial charge in [0.05, 0.1) is 31.1 Å². The highest BCUT2D eigenvalue weighted by molar-refractivity contribution is 7.89. The number of hydrogen-bond acceptors (Lipinski definition) is 7. The van der Waals surface area contributed by atoms with E-state index in [1.54, 1.807) is 18.2 Å². The summed E-state index contributed by atoms with van der Waals surface area (Å²) in [6.45, 7) is 9.66. The van der Waals surface area contributed by atoms with Gasteiger partial charge in [0.2, 0.25) is 10.0 Å². The summed E-state index contributed by atoms with van der Waals surface area (Å²) in [5, 5.41) is 14.1. The van der Waals surface area contributed by atoms with E-state index in [2.05, 4.69) is 5.32 Å². The average Bonchev–Trinajstić information content (AvgIpc) is 2.93. The number of sulfonamides is 1. The van der Waals surface area contributed by atoms with Crippen molar-refractivity contribution in [2.75, 3.05) is 19.4 Å². The molecule has 0 fully saturated rings. The number of carbonyl (C=O) groups excluding carboxylic acids is 2. The Morgan fingerprint density at radius 1 is 0.930 bits per heavy atom. The molecule has 10 heteroatoms. The van der Waals surface area contributed by atoms with Gasteiger partial charge in [-0.05, 0) is 66.5 Å². The maximum Gasteiger partial charge on any atom is 0.407 e. The Morgan fingerprint density at radius 2 is 1.56 bits per heavy atom. The highest BCUT2D eigenvalue weighted by Gasteiger charge is 2.42. The minimum Gasteiger partial charge on any atom is -0.490 e. The molecule has 3 N–H and O–H groups in total. The summed E-state index contributed by atoms with van der Waals surface area (Å²) in [6.07, 6.45) is 1.43. The average molecular weight is 611 g/mol. The van der Waals surface area contributed by atoms with Crippen LogP contribution in [0, 0.1) is 5.41 Å². The SMILES string of the molecule is CC(C)Oc1cc(-c2ccc(CCCOC(=O)NC[C@](O)(c3ccccc3)C(C)(C)C)cc2)ccc1C(=O)NS(C)(=O)=O. The van der Waals surface area contributed by atoms with Gasteiger partial charge in [0.15, 0.2) is 0 Å². The van der Waals surface area contributed by atoms with Crippen molar-refractivity contribution < 1.29 is 32.6 Å². The van der Waals surface area contributed by atoms with E-state index < -0.39 is 33.0 Å². The third-order valence-electron chi connectivity index (χ3n) is 6.98. The van der Waals surface area contributed by atoms with Crippen LogP contribution in [0.25, 0.3) is 11.1 Å². The van der Waals surface area contributed by atoms with E-state index in [0.29, 0.717) is 12.8 Å². The van der Waals surface area contributed by atoms with Gasteiger partial charge in [-0.25, -0.2) is 17.9 Å². The molecule has 0 aliphatic heterocycles. The molecule has 0 radical (unpaired) electrons. The molecule has 2 amide bonds. The van der Waals surface area contributed by atoms with Crippen molar-refractivity contribution in [3.63, 3.8) is 0 Å². The summed E-state index contributed by atoms with van der Waals surface area (Å²) in [6, 6.07) is 22.1. The molecule has 232 valence electrons. The van der Waals surface area contributed by atoms with Crippen LogP contribution in [0.3, 0.4) is 0 Å². The quantitative estimate of drug-likeness (QED) is 0.233. The molecule has 9 nitrogen and oxygen atoms in total. The Bertz CT molecular complexity index is 1500. The topological polar surface area (TPSA) is 131 Å². The molecule has 0 aliphatic rings. The number of ether oxygens (including phenoxy) is 2. The fourth-order valence-corrected chi connectivity index (χ4v) is 4.98. The second kappa shape index (κ2) is 14.1. The van der Waals surface area contributed by atoms with Crippen molar-refractivity contribution in [3.8, 4) is 16.9 Å². The number of rotatable bonds is 12. The van der Waals surface area contributed by atoms with E-state index in [-0.39, 0.29) is 30.6 Å². The van der Waals surface area contributed by atoms with Crippen LogP contribution < -0.4 is 14.8 Å². The van der Waals surface area contributed by atoms with E-state index in [4.69, 9.17) is 9.47 Å². The number of benzene rings is 3. The second-order valence-electron chi connectivity index (χ2n) is 11.8. The Hall–Kier alpha value is -3.89. The number of hydrogen-bond donors (Lipinski definition) is 3. The van der Waals surface area contributed by atoms with Gasteiger partial charge in [-0.1, -0.05) is 81.4 Å². The first-order valence-corrected chi connectivity index (χ1v) is 16.1. The fraction of sp³-hybridized carbons (Fsp3) is 0.394. The lowest BCUT2D eigenvalue weighted by Gasteiger charge is -2.40. The number of aliphatic hydroxyl groups is 1. The maximum absolute atomic E-state index is 12.5. The Balaban J connectivity index is 1.56. The molecule has 0 saturated heterocycles. The zero-order valence-electron chi connectivity index (χ0n) is 25.6. The molecule has 0 unspecified atom stereocenters. The molecule has 0 aliphatic carbocycles. The fourth-order valence-electron chi connectivity index (χ4n) is 4.53. The number of nitrogens with one attached hydrogen (secondary N) is 2. The van der Waals surface area contributed by atoms with Crippen LogP contribution in [0.4, 0.5) is 4.79 Å². The van der Waals surface area contributed by atoms with E-state index in [1.165, 1.54) is 0 Å². The van der Waals surface area contributed by atoms with Gasteiger partial charge in [-0.15, -0.1) is 0 Å². The summed E-state index contributed by atoms with van der Waals surface area (Å²) in [5.41, 5.74) is 1.83. The van der Waals surface area contributed by atoms with Gasteiger partial charge in [0.25, 0.3) is 5.91 Å². The predicted octanol–water partition coefficient (Wildman–Crippen LogP) is 5.42. The predicted molar refractivity (Wildman–Crippen MR) is 167 cm³/mol. The minimum absolute atomic E-state index is 0.0219. The first-order chi connectivity index (χ1) is 20.1. The van der Waals surface area contributed by atoms with Gasteiger partial charge in [0.1, 0.15) is 11.4 Å². The standard InChI is InChI=1S/C33H42N2O7S/c1-23(2)42-29-21-26(18-19-28(29)30(36)35-43(6,39)40)25-16-14-24(15-17-25)11-10-20-41-31(37)34-22-33(38,32(3,4)5)27-12-8-7-9-13-27/h7-9,12-19,21,23,38H,10-11,20,22H2,1-6H3,(H,34,37)(H,35,36)/t33-/m0/s1. The molecule has 0 aromatic heterocycles. The monoisotopic (exact) mass is 610 g/mol. The highest BCUT2D eigenvalue weighted by Crippen LogP contribution is 2.38. The van der Waals surface area contributed by atoms with Gasteiger partial charge in [0, 0.05) is 0 Å². The number of carbonyl (C=O) groups is 2. The Labute approximate surface area is 254 Å². The van der Waals surface area contributed by atoms with Crippen LogP contribution in [-0.4, -0.2) is 51.0 Å². The summed E-state index contributed by atoms with van der Waals surface area (Å²) in [4.78, 5) is 24.9. The van der Waals surface area contributed by atoms with Crippen LogP contribution in [0.5, 0.6) is 5.75 Å². The van der Waals surface area contributed by atoms with Crippen LogP contribution in [0.2, 0.25) is 0 Å². The maximum atomic E-state index is 12.5. The summed E-state index contributed by atoms with van der Waals surface area (Å²) in [5.74, 6) is -0.463. The Kier molecular flexibility index (Phi) is 11.0. The normalized spacial score (nSPS) is 13.2. The van der Waals surface area contributed by atoms with Crippen molar-refractivity contribution in [1.29, 1.82) is 0 Å². The van der Waals surface area contributed by atoms with Crippen molar-refractivity contribution in [2.24, 2.45) is 5.41 Å². The minimum atomic E-state index is -3.72. The Morgan fingerprint density at radius 3 is 2.14 bits per heavy atom. The zero-order chi connectivity index (χ0) is 31.8. The van der Waals surface area contributed by atoms with Crippen molar-refractivity contribution >= 4 is 22.0 Å². The number of amides is 2. The first kappa shape index (κ1) is 33.6. The highest BCUT2D eigenvalue weighted by atomic mass is 32.2. The largest absolute Gasteiger partial charge is 0.490 e. The molecule has 3 aromatic carbocycles. The number of aryl methyl sites for hydroxylation is 1. The smallest absolute Gasteiger partial charge is 0.407 e. The second-order valence-corrected chi connectivity index (χ2v) is 13.6. The molecule has 0 bridgehead atoms. The van der Waals surface area contributed by atoms with Gasteiger partial charge in [-0.3, -0.25) is 4.79 Å². The number of alkyl carbamates (subject to hydrolysis) is 1. The van der Waals surface area contributed by atoms with Crippen molar-refractivity contribution in [3.05, 3.63) is 89.5 Å². The lowest BCUT2D eigenvalue weighted by Crippen LogP contribution is -2.49. The van der Waals surface area contributed by atoms with E-state index in [1.807, 2.05) is 93.9 Å². The first-order valence-electron chi connectivity index (χ1n) is 14.2. The summed E-state index contributed by atoms with van der Waals surface area (Å²) in [7, 11) is -3.72. The lowest BCUT2D eigenvalue weighted by atomic mass is 9.72. The summed E-state index contributed by atoms with van der Waals surface area (Å²) < 4.78 is 36.2. The molecule has 0 saturated carbocycles. The zero-order valence-corrected chi connectivity index (χ0v) is 26.5. The van der Waals surface area contributed by atoms with E-state index in [0.717, 1.165) is 28.5 Å². The molecular weight excluding hydrogens is 568 g/mol. The molecule has 3 rings (SSSR count). The van der Waals surface area contributed by atoms with Gasteiger partial charge in [-0.2, -0.15) is 0 Å². The summed E-state index contributed by atoms with van der Waals surface area (Å²) >= 11 is 0. The molecule has 43 heavy (non-hydrogen) atoms. The third-order valence-corrected chi connectivity index (χ3v) is 7.53. The van der Waals surface area contributed by atoms with E-state index in [9.17, 15) is 23.1 Å². The van der Waals surface area contributed by atoms with Crippen molar-refractivity contribution in [1.82, 2.24) is 10.0 Å². The molecule has 3 aromatic rings. The van der Waals surface area contributed by atoms with Crippen molar-refractivity contribution in [2.45, 2.75) is 59.2 Å². The lowest BCUT2D eigenvalue weighted by molar-refractivity contribution is -0.0617. The van der Waals surface area contributed by atoms with Gasteiger partial charge >= 0.3 is 6.09 Å². The van der Waals surface area contributed by atoms with Crippen LogP contribution >= 0.6 is 0 Å². The molecule has 0 heterocycles.